The largest absolute Gasteiger partial charge is 0.506 e. The molecule has 0 atom stereocenters. The summed E-state index contributed by atoms with van der Waals surface area (Å²) in [5, 5.41) is 13.3. The summed E-state index contributed by atoms with van der Waals surface area (Å²) in [5.74, 6) is 0.255. The lowest BCUT2D eigenvalue weighted by atomic mass is 10.1. The first-order valence-electron chi connectivity index (χ1n) is 8.65. The molecule has 0 aliphatic carbocycles. The highest BCUT2D eigenvalue weighted by Gasteiger charge is 2.23. The van der Waals surface area contributed by atoms with E-state index >= 15 is 0 Å². The van der Waals surface area contributed by atoms with Crippen LogP contribution in [0.5, 0.6) is 5.75 Å². The Labute approximate surface area is 183 Å². The molecule has 0 unspecified atom stereocenters. The second-order valence-corrected chi connectivity index (χ2v) is 9.43. The summed E-state index contributed by atoms with van der Waals surface area (Å²) in [6, 6.07) is 16.9. The van der Waals surface area contributed by atoms with Crippen molar-refractivity contribution in [3.8, 4) is 5.75 Å². The number of nitrogens with one attached hydrogen (secondary N) is 2. The van der Waals surface area contributed by atoms with Gasteiger partial charge in [0.1, 0.15) is 16.3 Å². The Bertz CT molecular complexity index is 1180. The van der Waals surface area contributed by atoms with E-state index in [0.717, 1.165) is 10.0 Å². The number of phenols is 1. The van der Waals surface area contributed by atoms with Crippen LogP contribution in [0.3, 0.4) is 0 Å². The Morgan fingerprint density at radius 3 is 2.31 bits per heavy atom. The minimum absolute atomic E-state index is 0.0241. The summed E-state index contributed by atoms with van der Waals surface area (Å²) in [5.41, 5.74) is 2.60. The van der Waals surface area contributed by atoms with Gasteiger partial charge in [0.05, 0.1) is 10.6 Å². The third-order valence-corrected chi connectivity index (χ3v) is 6.72. The quantitative estimate of drug-likeness (QED) is 0.293. The fraction of sp³-hybridized carbons (Fsp3) is 0.0952. The molecule has 3 aromatic rings. The van der Waals surface area contributed by atoms with E-state index in [1.807, 2.05) is 18.2 Å². The van der Waals surface area contributed by atoms with Crippen molar-refractivity contribution in [1.29, 1.82) is 0 Å². The fourth-order valence-corrected chi connectivity index (χ4v) is 4.29. The summed E-state index contributed by atoms with van der Waals surface area (Å²) >= 11 is 9.49. The molecule has 0 spiro atoms. The summed E-state index contributed by atoms with van der Waals surface area (Å²) in [7, 11) is -3.84. The molecule has 3 N–H and O–H groups in total. The molecule has 29 heavy (non-hydrogen) atoms. The maximum Gasteiger partial charge on any atom is 0.328 e. The second kappa shape index (κ2) is 8.57. The van der Waals surface area contributed by atoms with Crippen LogP contribution in [0.25, 0.3) is 0 Å². The molecule has 150 valence electrons. The Hall–Kier alpha value is -2.35. The van der Waals surface area contributed by atoms with Crippen LogP contribution in [-0.4, -0.2) is 19.4 Å². The molecule has 0 aromatic heterocycles. The monoisotopic (exact) mass is 493 g/mol. The minimum Gasteiger partial charge on any atom is -0.506 e. The molecular formula is C21H19BrClN2O3S+. The van der Waals surface area contributed by atoms with E-state index in [1.165, 1.54) is 18.2 Å². The van der Waals surface area contributed by atoms with Crippen LogP contribution in [0.4, 0.5) is 5.69 Å². The Morgan fingerprint density at radius 1 is 1.07 bits per heavy atom. The van der Waals surface area contributed by atoms with Gasteiger partial charge in [-0.05, 0) is 61.9 Å². The molecule has 0 saturated carbocycles. The minimum atomic E-state index is -3.84. The van der Waals surface area contributed by atoms with Crippen molar-refractivity contribution in [3.05, 3.63) is 86.8 Å². The molecule has 3 aromatic carbocycles. The molecule has 5 nitrogen and oxygen atoms in total. The number of aryl methyl sites for hydroxylation is 1. The van der Waals surface area contributed by atoms with Gasteiger partial charge in [-0.15, -0.1) is 0 Å². The number of hydrogen-bond donors (Lipinski definition) is 3. The molecule has 3 rings (SSSR count). The van der Waals surface area contributed by atoms with Gasteiger partial charge in [-0.1, -0.05) is 45.7 Å². The number of benzene rings is 3. The smallest absolute Gasteiger partial charge is 0.328 e. The lowest BCUT2D eigenvalue weighted by Crippen LogP contribution is -2.78. The van der Waals surface area contributed by atoms with Crippen LogP contribution in [-0.2, 0) is 10.0 Å². The number of aromatic hydroxyl groups is 1. The number of anilines is 1. The summed E-state index contributed by atoms with van der Waals surface area (Å²) < 4.78 is 29.3. The Kier molecular flexibility index (Phi) is 6.31. The normalized spacial score (nSPS) is 12.1. The standard InChI is InChI=1S/C21H18BrClN2O3S/c1-13-12-18(26)19(23)14(2)20(13)24-21(15-6-4-3-5-7-15)25-29(27,28)17-10-8-16(22)9-11-17/h3-12,26H,1-2H3,(H,24,25)/p+1. The van der Waals surface area contributed by atoms with Crippen molar-refractivity contribution in [2.24, 2.45) is 0 Å². The first kappa shape index (κ1) is 21.4. The van der Waals surface area contributed by atoms with E-state index in [4.69, 9.17) is 11.6 Å². The third kappa shape index (κ3) is 4.80. The summed E-state index contributed by atoms with van der Waals surface area (Å²) in [4.78, 5) is 0.133. The van der Waals surface area contributed by atoms with Crippen LogP contribution in [0.15, 0.2) is 70.0 Å². The summed E-state index contributed by atoms with van der Waals surface area (Å²) in [6.45, 7) is 3.56. The fourth-order valence-electron chi connectivity index (χ4n) is 2.82. The van der Waals surface area contributed by atoms with Crippen LogP contribution in [0.2, 0.25) is 5.02 Å². The maximum absolute atomic E-state index is 13.0. The van der Waals surface area contributed by atoms with E-state index < -0.39 is 10.0 Å². The number of rotatable bonds is 4. The average Bonchev–Trinajstić information content (AvgIpc) is 2.69. The van der Waals surface area contributed by atoms with E-state index in [0.29, 0.717) is 16.8 Å². The van der Waals surface area contributed by atoms with Gasteiger partial charge >= 0.3 is 10.0 Å². The number of phenolic OH excluding ortho intramolecular Hbond substituents is 1. The Balaban J connectivity index is 2.14. The zero-order chi connectivity index (χ0) is 21.2. The number of amidine groups is 1. The molecule has 0 saturated heterocycles. The van der Waals surface area contributed by atoms with Crippen molar-refractivity contribution in [2.45, 2.75) is 18.7 Å². The molecule has 0 heterocycles. The van der Waals surface area contributed by atoms with Crippen molar-refractivity contribution in [1.82, 2.24) is 0 Å². The molecule has 0 amide bonds. The van der Waals surface area contributed by atoms with E-state index in [-0.39, 0.29) is 21.5 Å². The molecule has 0 aliphatic heterocycles. The van der Waals surface area contributed by atoms with Gasteiger partial charge in [-0.2, -0.15) is 12.8 Å². The van der Waals surface area contributed by atoms with Crippen molar-refractivity contribution in [3.63, 3.8) is 0 Å². The number of halogens is 2. The summed E-state index contributed by atoms with van der Waals surface area (Å²) in [6.07, 6.45) is 0. The molecule has 0 bridgehead atoms. The SMILES string of the molecule is Cc1cc(O)c(Cl)c(C)c1NC(=[NH+]S(=O)(=O)c1ccc(Br)cc1)c1ccccc1. The Morgan fingerprint density at radius 2 is 1.69 bits per heavy atom. The molecule has 0 radical (unpaired) electrons. The van der Waals surface area contributed by atoms with Crippen LogP contribution in [0, 0.1) is 13.8 Å². The molecular weight excluding hydrogens is 476 g/mol. The van der Waals surface area contributed by atoms with Gasteiger partial charge < -0.3 is 5.11 Å². The molecule has 0 aliphatic rings. The maximum atomic E-state index is 13.0. The molecule has 8 heteroatoms. The highest BCUT2D eigenvalue weighted by atomic mass is 79.9. The average molecular weight is 495 g/mol. The third-order valence-electron chi connectivity index (χ3n) is 4.35. The first-order valence-corrected chi connectivity index (χ1v) is 11.3. The highest BCUT2D eigenvalue weighted by Crippen LogP contribution is 2.35. The van der Waals surface area contributed by atoms with Gasteiger partial charge in [-0.3, -0.25) is 0 Å². The van der Waals surface area contributed by atoms with Gasteiger partial charge in [-0.25, -0.2) is 5.32 Å². The topological polar surface area (TPSA) is 80.4 Å². The van der Waals surface area contributed by atoms with Crippen LogP contribution < -0.4 is 9.71 Å². The van der Waals surface area contributed by atoms with E-state index in [2.05, 4.69) is 25.6 Å². The second-order valence-electron chi connectivity index (χ2n) is 6.45. The zero-order valence-electron chi connectivity index (χ0n) is 15.7. The van der Waals surface area contributed by atoms with Gasteiger partial charge in [0, 0.05) is 10.0 Å². The van der Waals surface area contributed by atoms with Gasteiger partial charge in [0.15, 0.2) is 0 Å². The van der Waals surface area contributed by atoms with Gasteiger partial charge in [0.2, 0.25) is 0 Å². The van der Waals surface area contributed by atoms with Gasteiger partial charge in [0.25, 0.3) is 5.84 Å². The van der Waals surface area contributed by atoms with Crippen molar-refractivity contribution >= 4 is 49.1 Å². The highest BCUT2D eigenvalue weighted by molar-refractivity contribution is 9.10. The lowest BCUT2D eigenvalue weighted by Gasteiger charge is -2.12. The number of sulfonamides is 1. The number of hydrogen-bond acceptors (Lipinski definition) is 3. The van der Waals surface area contributed by atoms with Crippen LogP contribution in [0.1, 0.15) is 16.7 Å². The first-order chi connectivity index (χ1) is 13.7. The van der Waals surface area contributed by atoms with E-state index in [1.54, 1.807) is 38.1 Å². The van der Waals surface area contributed by atoms with E-state index in [9.17, 15) is 13.5 Å². The predicted molar refractivity (Wildman–Crippen MR) is 119 cm³/mol. The lowest BCUT2D eigenvalue weighted by molar-refractivity contribution is -0.266. The molecule has 0 fully saturated rings. The predicted octanol–water partition coefficient (Wildman–Crippen LogP) is 3.75. The van der Waals surface area contributed by atoms with Crippen molar-refractivity contribution in [2.75, 3.05) is 5.32 Å². The van der Waals surface area contributed by atoms with Crippen LogP contribution >= 0.6 is 27.5 Å². The zero-order valence-corrected chi connectivity index (χ0v) is 18.9. The van der Waals surface area contributed by atoms with Crippen molar-refractivity contribution < 1.29 is 17.9 Å².